The highest BCUT2D eigenvalue weighted by Gasteiger charge is 2.31. The van der Waals surface area contributed by atoms with Gasteiger partial charge in [0.05, 0.1) is 6.10 Å². The number of aliphatic hydroxyl groups is 1. The highest BCUT2D eigenvalue weighted by Crippen LogP contribution is 2.36. The van der Waals surface area contributed by atoms with Crippen LogP contribution in [-0.2, 0) is 6.42 Å². The summed E-state index contributed by atoms with van der Waals surface area (Å²) < 4.78 is 0. The van der Waals surface area contributed by atoms with Crippen LogP contribution in [0.1, 0.15) is 36.8 Å². The van der Waals surface area contributed by atoms with Crippen molar-refractivity contribution in [2.24, 2.45) is 5.92 Å². The molecule has 0 bridgehead atoms. The summed E-state index contributed by atoms with van der Waals surface area (Å²) in [6.45, 7) is 5.52. The molecule has 3 atom stereocenters. The maximum atomic E-state index is 9.92. The molecule has 1 fully saturated rings. The summed E-state index contributed by atoms with van der Waals surface area (Å²) in [6, 6.07) is 8.82. The second-order valence-electron chi connectivity index (χ2n) is 5.88. The molecule has 1 aliphatic carbocycles. The fourth-order valence-electron chi connectivity index (χ4n) is 3.50. The molecule has 1 heterocycles. The molecule has 1 saturated heterocycles. The first-order chi connectivity index (χ1) is 8.78. The molecule has 2 aliphatic rings. The number of fused-ring (bicyclic) bond motifs is 1. The zero-order chi connectivity index (χ0) is 12.5. The van der Waals surface area contributed by atoms with Gasteiger partial charge >= 0.3 is 0 Å². The Kier molecular flexibility index (Phi) is 3.40. The van der Waals surface area contributed by atoms with E-state index in [-0.39, 0.29) is 6.10 Å². The van der Waals surface area contributed by atoms with Gasteiger partial charge in [-0.3, -0.25) is 0 Å². The van der Waals surface area contributed by atoms with Crippen molar-refractivity contribution < 1.29 is 5.11 Å². The molecule has 3 rings (SSSR count). The fraction of sp³-hybridized carbons (Fsp3) is 0.625. The van der Waals surface area contributed by atoms with Gasteiger partial charge in [0.25, 0.3) is 0 Å². The first kappa shape index (κ1) is 12.2. The molecular weight excluding hydrogens is 222 g/mol. The van der Waals surface area contributed by atoms with Crippen LogP contribution in [0.2, 0.25) is 0 Å². The average Bonchev–Trinajstić information content (AvgIpc) is 2.38. The van der Waals surface area contributed by atoms with Crippen molar-refractivity contribution in [3.8, 4) is 0 Å². The molecule has 0 amide bonds. The third-order valence-electron chi connectivity index (χ3n) is 4.74. The smallest absolute Gasteiger partial charge is 0.0592 e. The van der Waals surface area contributed by atoms with Gasteiger partial charge in [-0.2, -0.15) is 0 Å². The summed E-state index contributed by atoms with van der Waals surface area (Å²) in [6.07, 6.45) is 3.22. The Balaban J connectivity index is 1.59. The molecule has 2 heteroatoms. The van der Waals surface area contributed by atoms with Crippen molar-refractivity contribution in [1.82, 2.24) is 4.90 Å². The van der Waals surface area contributed by atoms with Gasteiger partial charge in [0.15, 0.2) is 0 Å². The van der Waals surface area contributed by atoms with Crippen molar-refractivity contribution in [3.05, 3.63) is 35.4 Å². The summed E-state index contributed by atoms with van der Waals surface area (Å²) in [5, 5.41) is 9.92. The normalized spacial score (nSPS) is 31.8. The molecule has 1 N–H and O–H groups in total. The average molecular weight is 245 g/mol. The van der Waals surface area contributed by atoms with Crippen LogP contribution >= 0.6 is 0 Å². The molecule has 0 saturated carbocycles. The van der Waals surface area contributed by atoms with Gasteiger partial charge in [-0.1, -0.05) is 31.2 Å². The van der Waals surface area contributed by atoms with E-state index in [1.165, 1.54) is 18.5 Å². The second-order valence-corrected chi connectivity index (χ2v) is 5.88. The van der Waals surface area contributed by atoms with Crippen molar-refractivity contribution in [2.45, 2.75) is 38.2 Å². The first-order valence-electron chi connectivity index (χ1n) is 7.26. The predicted molar refractivity (Wildman–Crippen MR) is 73.7 cm³/mol. The quantitative estimate of drug-likeness (QED) is 0.884. The lowest BCUT2D eigenvalue weighted by atomic mass is 9.77. The van der Waals surface area contributed by atoms with Crippen LogP contribution in [0.25, 0.3) is 0 Å². The van der Waals surface area contributed by atoms with E-state index in [4.69, 9.17) is 0 Å². The molecular formula is C16H23NO. The van der Waals surface area contributed by atoms with Crippen molar-refractivity contribution in [1.29, 1.82) is 0 Å². The summed E-state index contributed by atoms with van der Waals surface area (Å²) in [5.74, 6) is 1.21. The monoisotopic (exact) mass is 245 g/mol. The Morgan fingerprint density at radius 2 is 2.17 bits per heavy atom. The Morgan fingerprint density at radius 3 is 2.94 bits per heavy atom. The molecule has 1 aliphatic heterocycles. The standard InChI is InChI=1S/C16H23NO/c1-2-12-10-17(8-7-16(12)18)11-14-9-13-5-3-4-6-15(13)14/h3-6,12,14,16,18H,2,7-11H2,1H3. The van der Waals surface area contributed by atoms with E-state index in [1.54, 1.807) is 5.56 Å². The van der Waals surface area contributed by atoms with E-state index in [9.17, 15) is 5.11 Å². The van der Waals surface area contributed by atoms with Crippen LogP contribution in [0.5, 0.6) is 0 Å². The summed E-state index contributed by atoms with van der Waals surface area (Å²) in [7, 11) is 0. The van der Waals surface area contributed by atoms with E-state index in [2.05, 4.69) is 36.1 Å². The van der Waals surface area contributed by atoms with Crippen LogP contribution in [-0.4, -0.2) is 35.7 Å². The number of rotatable bonds is 3. The Labute approximate surface area is 110 Å². The van der Waals surface area contributed by atoms with Crippen LogP contribution in [0.15, 0.2) is 24.3 Å². The minimum atomic E-state index is -0.0695. The zero-order valence-corrected chi connectivity index (χ0v) is 11.2. The maximum Gasteiger partial charge on any atom is 0.0592 e. The molecule has 3 unspecified atom stereocenters. The number of hydrogen-bond acceptors (Lipinski definition) is 2. The van der Waals surface area contributed by atoms with Gasteiger partial charge in [-0.25, -0.2) is 0 Å². The van der Waals surface area contributed by atoms with E-state index < -0.39 is 0 Å². The largest absolute Gasteiger partial charge is 0.393 e. The second kappa shape index (κ2) is 5.02. The topological polar surface area (TPSA) is 23.5 Å². The number of piperidine rings is 1. The molecule has 1 aromatic carbocycles. The molecule has 1 aromatic rings. The SMILES string of the molecule is CCC1CN(CC2Cc3ccccc32)CCC1O. The van der Waals surface area contributed by atoms with Gasteiger partial charge < -0.3 is 10.0 Å². The lowest BCUT2D eigenvalue weighted by Crippen LogP contribution is -2.45. The number of benzene rings is 1. The number of likely N-dealkylation sites (tertiary alicyclic amines) is 1. The van der Waals surface area contributed by atoms with Gasteiger partial charge in [-0.05, 0) is 36.3 Å². The molecule has 18 heavy (non-hydrogen) atoms. The van der Waals surface area contributed by atoms with Crippen molar-refractivity contribution >= 4 is 0 Å². The minimum absolute atomic E-state index is 0.0695. The first-order valence-corrected chi connectivity index (χ1v) is 7.26. The Bertz CT molecular complexity index is 417. The molecule has 0 spiro atoms. The highest BCUT2D eigenvalue weighted by molar-refractivity contribution is 5.40. The molecule has 0 aromatic heterocycles. The van der Waals surface area contributed by atoms with Gasteiger partial charge in [0, 0.05) is 25.6 Å². The van der Waals surface area contributed by atoms with E-state index >= 15 is 0 Å². The number of nitrogens with zero attached hydrogens (tertiary/aromatic N) is 1. The van der Waals surface area contributed by atoms with Crippen LogP contribution in [0.4, 0.5) is 0 Å². The zero-order valence-electron chi connectivity index (χ0n) is 11.2. The summed E-state index contributed by atoms with van der Waals surface area (Å²) in [4.78, 5) is 2.56. The fourth-order valence-corrected chi connectivity index (χ4v) is 3.50. The third kappa shape index (κ3) is 2.19. The summed E-state index contributed by atoms with van der Waals surface area (Å²) >= 11 is 0. The predicted octanol–water partition coefficient (Wildman–Crippen LogP) is 2.42. The molecule has 2 nitrogen and oxygen atoms in total. The maximum absolute atomic E-state index is 9.92. The van der Waals surface area contributed by atoms with E-state index in [1.807, 2.05) is 0 Å². The Morgan fingerprint density at radius 1 is 1.33 bits per heavy atom. The summed E-state index contributed by atoms with van der Waals surface area (Å²) in [5.41, 5.74) is 3.09. The molecule has 98 valence electrons. The number of aliphatic hydroxyl groups excluding tert-OH is 1. The number of hydrogen-bond donors (Lipinski definition) is 1. The van der Waals surface area contributed by atoms with Gasteiger partial charge in [-0.15, -0.1) is 0 Å². The minimum Gasteiger partial charge on any atom is -0.393 e. The van der Waals surface area contributed by atoms with Crippen LogP contribution in [0, 0.1) is 5.92 Å². The van der Waals surface area contributed by atoms with Crippen LogP contribution in [0.3, 0.4) is 0 Å². The lowest BCUT2D eigenvalue weighted by molar-refractivity contribution is 0.0222. The highest BCUT2D eigenvalue weighted by atomic mass is 16.3. The van der Waals surface area contributed by atoms with Gasteiger partial charge in [0.1, 0.15) is 0 Å². The Hall–Kier alpha value is -0.860. The van der Waals surface area contributed by atoms with E-state index in [0.717, 1.165) is 31.8 Å². The lowest BCUT2D eigenvalue weighted by Gasteiger charge is -2.40. The van der Waals surface area contributed by atoms with E-state index in [0.29, 0.717) is 5.92 Å². The van der Waals surface area contributed by atoms with Gasteiger partial charge in [0.2, 0.25) is 0 Å². The van der Waals surface area contributed by atoms with Crippen LogP contribution < -0.4 is 0 Å². The van der Waals surface area contributed by atoms with Crippen molar-refractivity contribution in [2.75, 3.05) is 19.6 Å². The molecule has 0 radical (unpaired) electrons. The van der Waals surface area contributed by atoms with Crippen molar-refractivity contribution in [3.63, 3.8) is 0 Å². The third-order valence-corrected chi connectivity index (χ3v) is 4.74.